The number of hydrogen-bond donors (Lipinski definition) is 2. The predicted octanol–water partition coefficient (Wildman–Crippen LogP) is 3.22. The number of fused-ring (bicyclic) bond motifs is 5. The second-order valence-electron chi connectivity index (χ2n) is 5.98. The third-order valence-corrected chi connectivity index (χ3v) is 4.34. The van der Waals surface area contributed by atoms with Crippen LogP contribution in [0.2, 0.25) is 0 Å². The summed E-state index contributed by atoms with van der Waals surface area (Å²) >= 11 is 0. The lowest BCUT2D eigenvalue weighted by molar-refractivity contribution is -0.114. The molecule has 1 aromatic heterocycles. The van der Waals surface area contributed by atoms with E-state index in [1.54, 1.807) is 12.1 Å². The number of carbonyl (C=O) groups is 1. The van der Waals surface area contributed by atoms with Crippen LogP contribution in [0.1, 0.15) is 18.1 Å². The van der Waals surface area contributed by atoms with Crippen molar-refractivity contribution in [3.05, 3.63) is 57.9 Å². The number of carbonyl (C=O) groups excluding carboxylic acids is 1. The van der Waals surface area contributed by atoms with E-state index in [1.165, 1.54) is 13.0 Å². The number of aromatic hydroxyl groups is 1. The molecular formula is C19H15NO4. The van der Waals surface area contributed by atoms with Crippen molar-refractivity contribution in [2.75, 3.05) is 5.32 Å². The van der Waals surface area contributed by atoms with Crippen LogP contribution >= 0.6 is 0 Å². The summed E-state index contributed by atoms with van der Waals surface area (Å²) in [5.41, 5.74) is 3.94. The average Bonchev–Trinajstić information content (AvgIpc) is 2.53. The largest absolute Gasteiger partial charge is 0.508 e. The third kappa shape index (κ3) is 2.25. The molecule has 0 aliphatic heterocycles. The summed E-state index contributed by atoms with van der Waals surface area (Å²) in [5, 5.41) is 13.2. The Hall–Kier alpha value is -3.08. The minimum atomic E-state index is -0.427. The second kappa shape index (κ2) is 5.23. The van der Waals surface area contributed by atoms with Gasteiger partial charge in [-0.05, 0) is 53.8 Å². The topological polar surface area (TPSA) is 79.5 Å². The number of phenols is 1. The quantitative estimate of drug-likeness (QED) is 0.674. The van der Waals surface area contributed by atoms with E-state index in [0.717, 1.165) is 34.9 Å². The van der Waals surface area contributed by atoms with Crippen molar-refractivity contribution in [1.29, 1.82) is 0 Å². The maximum absolute atomic E-state index is 12.5. The molecule has 0 saturated heterocycles. The maximum atomic E-state index is 12.5. The van der Waals surface area contributed by atoms with Gasteiger partial charge in [0, 0.05) is 24.1 Å². The summed E-state index contributed by atoms with van der Waals surface area (Å²) in [5.74, 6) is -0.0956. The van der Waals surface area contributed by atoms with Crippen LogP contribution in [-0.2, 0) is 17.6 Å². The molecule has 1 aliphatic rings. The normalized spacial score (nSPS) is 12.5. The van der Waals surface area contributed by atoms with Crippen molar-refractivity contribution >= 4 is 22.6 Å². The predicted molar refractivity (Wildman–Crippen MR) is 91.3 cm³/mol. The summed E-state index contributed by atoms with van der Waals surface area (Å²) in [4.78, 5) is 23.8. The molecule has 3 aromatic rings. The van der Waals surface area contributed by atoms with E-state index in [-0.39, 0.29) is 11.7 Å². The molecule has 0 atom stereocenters. The fourth-order valence-electron chi connectivity index (χ4n) is 3.35. The molecular weight excluding hydrogens is 306 g/mol. The lowest BCUT2D eigenvalue weighted by Crippen LogP contribution is -2.15. The van der Waals surface area contributed by atoms with Crippen molar-refractivity contribution in [1.82, 2.24) is 0 Å². The number of rotatable bonds is 1. The Kier molecular flexibility index (Phi) is 3.16. The summed E-state index contributed by atoms with van der Waals surface area (Å²) in [6.07, 6.45) is 1.54. The molecule has 0 spiro atoms. The lowest BCUT2D eigenvalue weighted by Gasteiger charge is -2.20. The molecule has 5 nitrogen and oxygen atoms in total. The van der Waals surface area contributed by atoms with E-state index in [9.17, 15) is 14.7 Å². The van der Waals surface area contributed by atoms with Gasteiger partial charge in [-0.25, -0.2) is 4.79 Å². The van der Waals surface area contributed by atoms with Crippen LogP contribution in [0.25, 0.3) is 22.1 Å². The summed E-state index contributed by atoms with van der Waals surface area (Å²) in [6.45, 7) is 1.45. The average molecular weight is 321 g/mol. The number of hydrogen-bond acceptors (Lipinski definition) is 4. The number of benzene rings is 2. The van der Waals surface area contributed by atoms with Gasteiger partial charge in [0.15, 0.2) is 0 Å². The Labute approximate surface area is 137 Å². The number of amides is 1. The molecule has 1 heterocycles. The van der Waals surface area contributed by atoms with Crippen molar-refractivity contribution in [2.24, 2.45) is 0 Å². The minimum absolute atomic E-state index is 0.0646. The third-order valence-electron chi connectivity index (χ3n) is 4.34. The van der Waals surface area contributed by atoms with Crippen LogP contribution in [0.15, 0.2) is 45.6 Å². The molecule has 0 fully saturated rings. The Balaban J connectivity index is 1.99. The Morgan fingerprint density at radius 1 is 1.17 bits per heavy atom. The van der Waals surface area contributed by atoms with Crippen LogP contribution in [0, 0.1) is 0 Å². The minimum Gasteiger partial charge on any atom is -0.508 e. The van der Waals surface area contributed by atoms with E-state index >= 15 is 0 Å². The van der Waals surface area contributed by atoms with Gasteiger partial charge in [0.05, 0.1) is 5.56 Å². The van der Waals surface area contributed by atoms with Crippen molar-refractivity contribution < 1.29 is 14.3 Å². The molecule has 4 rings (SSSR count). The SMILES string of the molecule is CC(=O)Nc1ccc2c(c1)-c1c(c3ccc(O)cc3oc1=O)CC2. The zero-order valence-electron chi connectivity index (χ0n) is 13.1. The van der Waals surface area contributed by atoms with Gasteiger partial charge in [-0.3, -0.25) is 4.79 Å². The van der Waals surface area contributed by atoms with Gasteiger partial charge in [-0.15, -0.1) is 0 Å². The fraction of sp³-hybridized carbons (Fsp3) is 0.158. The molecule has 0 unspecified atom stereocenters. The van der Waals surface area contributed by atoms with Crippen molar-refractivity contribution in [2.45, 2.75) is 19.8 Å². The highest BCUT2D eigenvalue weighted by molar-refractivity contribution is 5.92. The number of nitrogens with one attached hydrogen (secondary N) is 1. The number of phenolic OH excluding ortho intramolecular Hbond substituents is 1. The highest BCUT2D eigenvalue weighted by atomic mass is 16.4. The first-order valence-electron chi connectivity index (χ1n) is 7.72. The van der Waals surface area contributed by atoms with Gasteiger partial charge in [0.2, 0.25) is 5.91 Å². The van der Waals surface area contributed by atoms with E-state index in [1.807, 2.05) is 18.2 Å². The monoisotopic (exact) mass is 321 g/mol. The first-order valence-corrected chi connectivity index (χ1v) is 7.72. The summed E-state index contributed by atoms with van der Waals surface area (Å²) in [6, 6.07) is 10.4. The highest BCUT2D eigenvalue weighted by Gasteiger charge is 2.23. The Morgan fingerprint density at radius 3 is 2.79 bits per heavy atom. The molecule has 1 aliphatic carbocycles. The van der Waals surface area contributed by atoms with E-state index < -0.39 is 5.63 Å². The molecule has 5 heteroatoms. The van der Waals surface area contributed by atoms with Gasteiger partial charge in [-0.2, -0.15) is 0 Å². The first kappa shape index (κ1) is 14.5. The first-order chi connectivity index (χ1) is 11.5. The molecule has 0 radical (unpaired) electrons. The molecule has 0 bridgehead atoms. The molecule has 2 N–H and O–H groups in total. The smallest absolute Gasteiger partial charge is 0.344 e. The molecule has 24 heavy (non-hydrogen) atoms. The highest BCUT2D eigenvalue weighted by Crippen LogP contribution is 2.37. The van der Waals surface area contributed by atoms with Crippen LogP contribution < -0.4 is 10.9 Å². The van der Waals surface area contributed by atoms with Gasteiger partial charge in [-0.1, -0.05) is 6.07 Å². The summed E-state index contributed by atoms with van der Waals surface area (Å²) < 4.78 is 5.42. The van der Waals surface area contributed by atoms with Crippen LogP contribution in [0.4, 0.5) is 5.69 Å². The zero-order chi connectivity index (χ0) is 16.8. The zero-order valence-corrected chi connectivity index (χ0v) is 13.1. The Morgan fingerprint density at radius 2 is 2.00 bits per heavy atom. The van der Waals surface area contributed by atoms with E-state index in [2.05, 4.69) is 5.32 Å². The van der Waals surface area contributed by atoms with Crippen LogP contribution in [0.3, 0.4) is 0 Å². The maximum Gasteiger partial charge on any atom is 0.344 e. The van der Waals surface area contributed by atoms with Crippen molar-refractivity contribution in [3.8, 4) is 16.9 Å². The van der Waals surface area contributed by atoms with Crippen molar-refractivity contribution in [3.63, 3.8) is 0 Å². The fourth-order valence-corrected chi connectivity index (χ4v) is 3.35. The van der Waals surface area contributed by atoms with Gasteiger partial charge >= 0.3 is 5.63 Å². The lowest BCUT2D eigenvalue weighted by atomic mass is 9.85. The number of aryl methyl sites for hydroxylation is 2. The molecule has 2 aromatic carbocycles. The summed E-state index contributed by atoms with van der Waals surface area (Å²) in [7, 11) is 0. The van der Waals surface area contributed by atoms with E-state index in [0.29, 0.717) is 16.8 Å². The molecule has 0 saturated carbocycles. The Bertz CT molecular complexity index is 1050. The van der Waals surface area contributed by atoms with Crippen LogP contribution in [0.5, 0.6) is 5.75 Å². The second-order valence-corrected chi connectivity index (χ2v) is 5.98. The van der Waals surface area contributed by atoms with Gasteiger partial charge < -0.3 is 14.8 Å². The van der Waals surface area contributed by atoms with E-state index in [4.69, 9.17) is 4.42 Å². The molecule has 120 valence electrons. The standard InChI is InChI=1S/C19H15NO4/c1-10(21)20-12-4-2-11-3-6-15-14-7-5-13(22)9-17(14)24-19(23)18(15)16(11)8-12/h2,4-5,7-9,22H,3,6H2,1H3,(H,20,21). The number of anilines is 1. The van der Waals surface area contributed by atoms with Gasteiger partial charge in [0.1, 0.15) is 11.3 Å². The van der Waals surface area contributed by atoms with Crippen LogP contribution in [-0.4, -0.2) is 11.0 Å². The molecule has 1 amide bonds. The van der Waals surface area contributed by atoms with Gasteiger partial charge in [0.25, 0.3) is 0 Å².